The lowest BCUT2D eigenvalue weighted by Crippen LogP contribution is -2.71. The number of carbonyl (C=O) groups excluding carboxylic acids is 4. The first kappa shape index (κ1) is 39.2. The third-order valence-corrected chi connectivity index (χ3v) is 11.9. The number of unbranched alkanes of at least 4 members (excludes halogenated alkanes) is 1. The number of aliphatic hydroxyl groups excluding tert-OH is 1. The number of ether oxygens (including phenoxy) is 6. The van der Waals surface area contributed by atoms with Crippen LogP contribution in [0.25, 0.3) is 0 Å². The molecule has 54 heavy (non-hydrogen) atoms. The fourth-order valence-electron chi connectivity index (χ4n) is 9.62. The van der Waals surface area contributed by atoms with E-state index in [9.17, 15) is 34.4 Å². The smallest absolute Gasteiger partial charge is 0.493 e. The van der Waals surface area contributed by atoms with Gasteiger partial charge in [-0.2, -0.15) is 0 Å². The second kappa shape index (κ2) is 14.0. The summed E-state index contributed by atoms with van der Waals surface area (Å²) in [5, 5.41) is 21.0. The van der Waals surface area contributed by atoms with Crippen LogP contribution in [0.4, 0.5) is 13.6 Å². The van der Waals surface area contributed by atoms with Crippen molar-refractivity contribution in [2.75, 3.05) is 26.9 Å². The number of aliphatic hydroxyl groups is 1. The van der Waals surface area contributed by atoms with Gasteiger partial charge in [0.25, 0.3) is 5.09 Å². The molecule has 0 spiro atoms. The first-order chi connectivity index (χ1) is 25.3. The monoisotopic (exact) mass is 763 g/mol. The molecule has 0 amide bonds. The lowest BCUT2D eigenvalue weighted by atomic mass is 9.44. The van der Waals surface area contributed by atoms with Crippen LogP contribution in [0.2, 0.25) is 0 Å². The summed E-state index contributed by atoms with van der Waals surface area (Å²) in [6.07, 6.45) is -1.95. The molecule has 0 aromatic heterocycles. The van der Waals surface area contributed by atoms with Crippen LogP contribution in [-0.4, -0.2) is 96.3 Å². The van der Waals surface area contributed by atoms with Crippen molar-refractivity contribution in [2.45, 2.75) is 95.2 Å². The highest BCUT2D eigenvalue weighted by atomic mass is 19.1. The summed E-state index contributed by atoms with van der Waals surface area (Å²) in [5.74, 6) is -5.22. The Hall–Kier alpha value is -4.48. The van der Waals surface area contributed by atoms with Gasteiger partial charge in [-0.15, -0.1) is 10.1 Å². The van der Waals surface area contributed by atoms with Crippen molar-refractivity contribution in [3.05, 3.63) is 57.7 Å². The number of nitrogens with zero attached hydrogens (tertiary/aromatic N) is 1. The van der Waals surface area contributed by atoms with Crippen molar-refractivity contribution < 1.29 is 71.4 Å². The largest absolute Gasteiger partial charge is 0.514 e. The van der Waals surface area contributed by atoms with E-state index >= 15 is 8.78 Å². The maximum Gasteiger partial charge on any atom is 0.514 e. The minimum Gasteiger partial charge on any atom is -0.493 e. The first-order valence-electron chi connectivity index (χ1n) is 17.7. The number of esters is 1. The quantitative estimate of drug-likeness (QED) is 0.101. The summed E-state index contributed by atoms with van der Waals surface area (Å²) in [4.78, 5) is 66.4. The molecular formula is C37H43F2NO14. The van der Waals surface area contributed by atoms with Crippen molar-refractivity contribution in [3.63, 3.8) is 0 Å². The zero-order chi connectivity index (χ0) is 39.4. The third kappa shape index (κ3) is 6.23. The molecule has 1 saturated heterocycles. The number of carbonyl (C=O) groups is 4. The van der Waals surface area contributed by atoms with Crippen LogP contribution in [0.5, 0.6) is 11.5 Å². The molecule has 9 atom stereocenters. The Labute approximate surface area is 309 Å². The third-order valence-electron chi connectivity index (χ3n) is 11.9. The number of Topliss-reactive ketones (excluding diaryl/α,β-unsaturated/α-hetero) is 1. The first-order valence-corrected chi connectivity index (χ1v) is 17.7. The van der Waals surface area contributed by atoms with E-state index in [2.05, 4.69) is 4.84 Å². The van der Waals surface area contributed by atoms with Gasteiger partial charge in [0.2, 0.25) is 5.78 Å². The fourth-order valence-corrected chi connectivity index (χ4v) is 9.62. The summed E-state index contributed by atoms with van der Waals surface area (Å²) in [6.45, 7) is 5.34. The number of hydrogen-bond donors (Lipinski definition) is 1. The average molecular weight is 764 g/mol. The summed E-state index contributed by atoms with van der Waals surface area (Å²) >= 11 is 0. The minimum absolute atomic E-state index is 0.0255. The molecule has 3 saturated carbocycles. The van der Waals surface area contributed by atoms with Gasteiger partial charge in [0.1, 0.15) is 6.17 Å². The molecule has 17 heteroatoms. The van der Waals surface area contributed by atoms with Crippen LogP contribution in [0.1, 0.15) is 70.2 Å². The highest BCUT2D eigenvalue weighted by Crippen LogP contribution is 2.72. The molecule has 1 N–H and O–H groups in total. The molecule has 4 fully saturated rings. The molecule has 6 rings (SSSR count). The molecule has 1 aromatic carbocycles. The van der Waals surface area contributed by atoms with Crippen molar-refractivity contribution in [2.24, 2.45) is 22.7 Å². The lowest BCUT2D eigenvalue weighted by Gasteiger charge is -2.63. The minimum atomic E-state index is -2.39. The van der Waals surface area contributed by atoms with E-state index < -0.39 is 93.5 Å². The van der Waals surface area contributed by atoms with Crippen LogP contribution in [0.3, 0.4) is 0 Å². The molecule has 1 heterocycles. The highest BCUT2D eigenvalue weighted by molar-refractivity contribution is 6.01. The van der Waals surface area contributed by atoms with Crippen molar-refractivity contribution >= 4 is 23.7 Å². The molecule has 1 aromatic rings. The number of allylic oxidation sites excluding steroid dienone is 4. The van der Waals surface area contributed by atoms with Crippen molar-refractivity contribution in [1.82, 2.24) is 0 Å². The van der Waals surface area contributed by atoms with Crippen LogP contribution in [-0.2, 0) is 33.4 Å². The van der Waals surface area contributed by atoms with E-state index in [1.54, 1.807) is 20.8 Å². The molecule has 294 valence electrons. The molecule has 5 aliphatic rings. The summed E-state index contributed by atoms with van der Waals surface area (Å²) < 4.78 is 67.2. The predicted octanol–water partition coefficient (Wildman–Crippen LogP) is 4.74. The van der Waals surface area contributed by atoms with Crippen LogP contribution in [0, 0.1) is 32.8 Å². The van der Waals surface area contributed by atoms with Gasteiger partial charge in [0, 0.05) is 16.7 Å². The van der Waals surface area contributed by atoms with Gasteiger partial charge in [-0.1, -0.05) is 13.0 Å². The molecule has 2 unspecified atom stereocenters. The van der Waals surface area contributed by atoms with E-state index in [4.69, 9.17) is 28.4 Å². The molecular weight excluding hydrogens is 720 g/mol. The van der Waals surface area contributed by atoms with E-state index in [1.807, 2.05) is 0 Å². The Kier molecular flexibility index (Phi) is 10.2. The van der Waals surface area contributed by atoms with Gasteiger partial charge >= 0.3 is 12.1 Å². The van der Waals surface area contributed by atoms with Crippen LogP contribution in [0.15, 0.2) is 42.0 Å². The van der Waals surface area contributed by atoms with Gasteiger partial charge in [-0.25, -0.2) is 18.4 Å². The molecule has 1 aliphatic heterocycles. The molecule has 15 nitrogen and oxygen atoms in total. The number of benzene rings is 1. The number of ketones is 2. The number of alkyl halides is 2. The fraction of sp³-hybridized carbons (Fsp3) is 0.622. The van der Waals surface area contributed by atoms with E-state index in [0.29, 0.717) is 6.42 Å². The topological polar surface area (TPSA) is 196 Å². The Balaban J connectivity index is 1.16. The van der Waals surface area contributed by atoms with Crippen molar-refractivity contribution in [1.29, 1.82) is 0 Å². The van der Waals surface area contributed by atoms with Crippen LogP contribution >= 0.6 is 0 Å². The van der Waals surface area contributed by atoms with Gasteiger partial charge in [-0.3, -0.25) is 9.59 Å². The van der Waals surface area contributed by atoms with E-state index in [0.717, 1.165) is 6.08 Å². The zero-order valence-electron chi connectivity index (χ0n) is 30.5. The Morgan fingerprint density at radius 1 is 1.06 bits per heavy atom. The molecule has 4 aliphatic carbocycles. The standard InChI is InChI=1S/C37H43F2NO14/c1-33(2)53-30-17-22-23-16-25(38)24-15-21(41)10-11-34(24,3)36(23,39)28(42)18-35(22,4)37(30,54-33)29(43)19-50-32(45)52-26-9-8-20(14-27(26)48-5)31(44)49-12-6-7-13-51-40(46)47/h8-11,14-15,22-23,25,28,30,42H,6-7,12-13,16-19H2,1-5H3/t22?,23?,25-,28-,30+,34-,35-,36-,37+/m0/s1. The maximum atomic E-state index is 17.7. The van der Waals surface area contributed by atoms with Gasteiger partial charge in [0.05, 0.1) is 38.1 Å². The van der Waals surface area contributed by atoms with Gasteiger partial charge in [0.15, 0.2) is 40.9 Å². The number of hydrogen-bond acceptors (Lipinski definition) is 14. The number of halogens is 2. The predicted molar refractivity (Wildman–Crippen MR) is 179 cm³/mol. The Bertz CT molecular complexity index is 1800. The SMILES string of the molecule is COc1cc(C(=O)OCCCCO[N+](=O)[O-])ccc1OC(=O)OCC(=O)[C@@]12OC(C)(C)O[C@@H]1CC1C3C[C@H](F)C4=CC(=O)C=C[C@]4(C)[C@@]3(F)[C@@H](O)C[C@@]12C. The van der Waals surface area contributed by atoms with Gasteiger partial charge in [-0.05, 0) is 94.7 Å². The normalized spacial score (nSPS) is 35.7. The number of rotatable bonds is 12. The second-order valence-corrected chi connectivity index (χ2v) is 15.3. The molecule has 0 bridgehead atoms. The number of methoxy groups -OCH3 is 1. The summed E-state index contributed by atoms with van der Waals surface area (Å²) in [6, 6.07) is 3.81. The second-order valence-electron chi connectivity index (χ2n) is 15.3. The van der Waals surface area contributed by atoms with Crippen molar-refractivity contribution in [3.8, 4) is 11.5 Å². The van der Waals surface area contributed by atoms with Crippen LogP contribution < -0.4 is 9.47 Å². The average Bonchev–Trinajstić information content (AvgIpc) is 3.52. The zero-order valence-corrected chi connectivity index (χ0v) is 30.5. The van der Waals surface area contributed by atoms with Gasteiger partial charge < -0.3 is 38.4 Å². The lowest BCUT2D eigenvalue weighted by molar-refractivity contribution is -0.757. The summed E-state index contributed by atoms with van der Waals surface area (Å²) in [7, 11) is 1.26. The Morgan fingerprint density at radius 2 is 1.78 bits per heavy atom. The number of fused-ring (bicyclic) bond motifs is 7. The highest BCUT2D eigenvalue weighted by Gasteiger charge is 2.80. The maximum absolute atomic E-state index is 17.7. The molecule has 0 radical (unpaired) electrons. The van der Waals surface area contributed by atoms with E-state index in [-0.39, 0.29) is 61.5 Å². The summed E-state index contributed by atoms with van der Waals surface area (Å²) in [5.41, 5.74) is -7.12. The Morgan fingerprint density at radius 3 is 2.48 bits per heavy atom. The van der Waals surface area contributed by atoms with E-state index in [1.165, 1.54) is 44.4 Å².